The predicted molar refractivity (Wildman–Crippen MR) is 74.3 cm³/mol. The monoisotopic (exact) mass is 317 g/mol. The van der Waals surface area contributed by atoms with E-state index in [2.05, 4.69) is 14.9 Å². The van der Waals surface area contributed by atoms with Gasteiger partial charge < -0.3 is 10.1 Å². The van der Waals surface area contributed by atoms with Crippen LogP contribution in [-0.2, 0) is 20.9 Å². The molecular formula is C12H16ClN3O3S. The van der Waals surface area contributed by atoms with Gasteiger partial charge in [0.15, 0.2) is 0 Å². The minimum Gasteiger partial charge on any atom is -0.458 e. The molecule has 1 fully saturated rings. The van der Waals surface area contributed by atoms with Crippen LogP contribution in [-0.4, -0.2) is 28.0 Å². The number of halogens is 1. The van der Waals surface area contributed by atoms with Gasteiger partial charge in [-0.3, -0.25) is 9.59 Å². The molecule has 1 heterocycles. The molecule has 0 spiro atoms. The molecule has 0 aliphatic heterocycles. The van der Waals surface area contributed by atoms with Crippen molar-refractivity contribution in [3.05, 3.63) is 10.0 Å². The molecule has 2 rings (SSSR count). The third kappa shape index (κ3) is 4.42. The highest BCUT2D eigenvalue weighted by Crippen LogP contribution is 2.23. The number of ether oxygens (including phenoxy) is 1. The molecule has 6 nitrogen and oxygen atoms in total. The summed E-state index contributed by atoms with van der Waals surface area (Å²) in [6, 6.07) is 0. The molecule has 1 aromatic heterocycles. The van der Waals surface area contributed by atoms with E-state index in [4.69, 9.17) is 16.3 Å². The minimum atomic E-state index is -0.502. The molecule has 1 N–H and O–H groups in total. The zero-order valence-corrected chi connectivity index (χ0v) is 12.5. The number of rotatable bonds is 5. The molecule has 1 aliphatic carbocycles. The molecule has 1 aliphatic rings. The van der Waals surface area contributed by atoms with Crippen LogP contribution in [0.15, 0.2) is 0 Å². The van der Waals surface area contributed by atoms with Crippen molar-refractivity contribution in [2.75, 3.05) is 6.54 Å². The Kier molecular flexibility index (Phi) is 5.72. The Morgan fingerprint density at radius 3 is 2.75 bits per heavy atom. The summed E-state index contributed by atoms with van der Waals surface area (Å²) in [5.74, 6) is -0.526. The fourth-order valence-corrected chi connectivity index (χ4v) is 2.75. The lowest BCUT2D eigenvalue weighted by atomic mass is 9.89. The van der Waals surface area contributed by atoms with Gasteiger partial charge in [-0.15, -0.1) is 5.10 Å². The lowest BCUT2D eigenvalue weighted by Gasteiger charge is -2.20. The van der Waals surface area contributed by atoms with Gasteiger partial charge in [-0.1, -0.05) is 35.4 Å². The second-order valence-corrected chi connectivity index (χ2v) is 6.06. The van der Waals surface area contributed by atoms with Gasteiger partial charge in [0.2, 0.25) is 5.91 Å². The molecule has 20 heavy (non-hydrogen) atoms. The Hall–Kier alpha value is -1.21. The molecule has 8 heteroatoms. The van der Waals surface area contributed by atoms with Crippen molar-refractivity contribution in [3.8, 4) is 0 Å². The first-order chi connectivity index (χ1) is 9.66. The van der Waals surface area contributed by atoms with Crippen molar-refractivity contribution >= 4 is 35.0 Å². The summed E-state index contributed by atoms with van der Waals surface area (Å²) >= 11 is 6.82. The lowest BCUT2D eigenvalue weighted by Crippen LogP contribution is -2.36. The van der Waals surface area contributed by atoms with Crippen LogP contribution in [0.1, 0.15) is 37.8 Å². The van der Waals surface area contributed by atoms with Crippen LogP contribution < -0.4 is 5.32 Å². The molecular weight excluding hydrogens is 302 g/mol. The van der Waals surface area contributed by atoms with Gasteiger partial charge in [0, 0.05) is 17.5 Å². The van der Waals surface area contributed by atoms with Crippen LogP contribution in [0.4, 0.5) is 0 Å². The van der Waals surface area contributed by atoms with Crippen LogP contribution >= 0.6 is 23.1 Å². The van der Waals surface area contributed by atoms with Crippen molar-refractivity contribution in [2.45, 2.75) is 38.7 Å². The Morgan fingerprint density at radius 1 is 1.35 bits per heavy atom. The normalized spacial score (nSPS) is 15.8. The lowest BCUT2D eigenvalue weighted by molar-refractivity contribution is -0.145. The van der Waals surface area contributed by atoms with Crippen LogP contribution in [0.3, 0.4) is 0 Å². The molecule has 1 saturated carbocycles. The van der Waals surface area contributed by atoms with E-state index in [0.29, 0.717) is 10.0 Å². The van der Waals surface area contributed by atoms with E-state index >= 15 is 0 Å². The number of hydrogen-bond donors (Lipinski definition) is 1. The molecule has 0 radical (unpaired) electrons. The molecule has 1 aromatic rings. The first kappa shape index (κ1) is 15.2. The second kappa shape index (κ2) is 7.54. The highest BCUT2D eigenvalue weighted by atomic mass is 35.5. The van der Waals surface area contributed by atoms with Crippen molar-refractivity contribution in [1.29, 1.82) is 0 Å². The smallest absolute Gasteiger partial charge is 0.325 e. The van der Waals surface area contributed by atoms with Gasteiger partial charge in [-0.25, -0.2) is 0 Å². The second-order valence-electron chi connectivity index (χ2n) is 4.71. The number of aromatic nitrogens is 2. The molecule has 1 amide bonds. The maximum absolute atomic E-state index is 11.8. The summed E-state index contributed by atoms with van der Waals surface area (Å²) in [4.78, 5) is 23.3. The fraction of sp³-hybridized carbons (Fsp3) is 0.667. The van der Waals surface area contributed by atoms with E-state index in [1.165, 1.54) is 6.42 Å². The van der Waals surface area contributed by atoms with Crippen molar-refractivity contribution < 1.29 is 14.3 Å². The van der Waals surface area contributed by atoms with Gasteiger partial charge >= 0.3 is 5.97 Å². The van der Waals surface area contributed by atoms with Crippen LogP contribution in [0.2, 0.25) is 4.34 Å². The van der Waals surface area contributed by atoms with E-state index in [0.717, 1.165) is 37.2 Å². The summed E-state index contributed by atoms with van der Waals surface area (Å²) < 4.78 is 9.01. The molecule has 0 aromatic carbocycles. The number of nitrogens with one attached hydrogen (secondary N) is 1. The predicted octanol–water partition coefficient (Wildman–Crippen LogP) is 1.93. The van der Waals surface area contributed by atoms with E-state index in [-0.39, 0.29) is 25.0 Å². The zero-order chi connectivity index (χ0) is 14.4. The van der Waals surface area contributed by atoms with Crippen LogP contribution in [0, 0.1) is 5.92 Å². The first-order valence-corrected chi connectivity index (χ1v) is 7.72. The molecule has 0 atom stereocenters. The third-order valence-electron chi connectivity index (χ3n) is 3.26. The molecule has 0 saturated heterocycles. The number of nitrogens with zero attached hydrogens (tertiary/aromatic N) is 2. The molecule has 0 bridgehead atoms. The van der Waals surface area contributed by atoms with E-state index in [1.54, 1.807) is 0 Å². The standard InChI is InChI=1S/C12H16ClN3O3S/c13-11-9(15-16-20-11)7-19-10(17)6-14-12(18)8-4-2-1-3-5-8/h8H,1-7H2,(H,14,18). The van der Waals surface area contributed by atoms with Crippen LogP contribution in [0.25, 0.3) is 0 Å². The highest BCUT2D eigenvalue weighted by Gasteiger charge is 2.21. The Labute approximate surface area is 126 Å². The SMILES string of the molecule is O=C(CNC(=O)C1CCCCC1)OCc1nnsc1Cl. The maximum Gasteiger partial charge on any atom is 0.325 e. The van der Waals surface area contributed by atoms with Gasteiger partial charge in [0.05, 0.1) is 0 Å². The van der Waals surface area contributed by atoms with E-state index in [9.17, 15) is 9.59 Å². The average Bonchev–Trinajstić information content (AvgIpc) is 2.89. The topological polar surface area (TPSA) is 81.2 Å². The van der Waals surface area contributed by atoms with Crippen molar-refractivity contribution in [2.24, 2.45) is 5.92 Å². The quantitative estimate of drug-likeness (QED) is 0.839. The van der Waals surface area contributed by atoms with E-state index < -0.39 is 5.97 Å². The first-order valence-electron chi connectivity index (χ1n) is 6.57. The van der Waals surface area contributed by atoms with Gasteiger partial charge in [0.25, 0.3) is 0 Å². The van der Waals surface area contributed by atoms with Gasteiger partial charge in [-0.2, -0.15) is 0 Å². The third-order valence-corrected chi connectivity index (χ3v) is 4.25. The van der Waals surface area contributed by atoms with Crippen molar-refractivity contribution in [3.63, 3.8) is 0 Å². The Bertz CT molecular complexity index is 474. The van der Waals surface area contributed by atoms with Crippen molar-refractivity contribution in [1.82, 2.24) is 14.9 Å². The summed E-state index contributed by atoms with van der Waals surface area (Å²) in [5, 5.41) is 6.35. The summed E-state index contributed by atoms with van der Waals surface area (Å²) in [6.07, 6.45) is 5.16. The summed E-state index contributed by atoms with van der Waals surface area (Å²) in [7, 11) is 0. The molecule has 0 unspecified atom stereocenters. The molecule has 110 valence electrons. The Morgan fingerprint density at radius 2 is 2.10 bits per heavy atom. The minimum absolute atomic E-state index is 0.0204. The van der Waals surface area contributed by atoms with Crippen LogP contribution in [0.5, 0.6) is 0 Å². The number of carbonyl (C=O) groups excluding carboxylic acids is 2. The number of hydrogen-bond acceptors (Lipinski definition) is 6. The largest absolute Gasteiger partial charge is 0.458 e. The zero-order valence-electron chi connectivity index (χ0n) is 10.9. The number of carbonyl (C=O) groups is 2. The highest BCUT2D eigenvalue weighted by molar-refractivity contribution is 7.10. The van der Waals surface area contributed by atoms with Gasteiger partial charge in [-0.05, 0) is 12.8 Å². The fourth-order valence-electron chi connectivity index (χ4n) is 2.15. The number of amides is 1. The Balaban J connectivity index is 1.67. The van der Waals surface area contributed by atoms with Gasteiger partial charge in [0.1, 0.15) is 23.2 Å². The van der Waals surface area contributed by atoms with E-state index in [1.807, 2.05) is 0 Å². The number of esters is 1. The maximum atomic E-state index is 11.8. The average molecular weight is 318 g/mol. The summed E-state index contributed by atoms with van der Waals surface area (Å²) in [6.45, 7) is -0.141. The summed E-state index contributed by atoms with van der Waals surface area (Å²) in [5.41, 5.74) is 0.434.